The van der Waals surface area contributed by atoms with Gasteiger partial charge in [-0.3, -0.25) is 4.21 Å². The van der Waals surface area contributed by atoms with Gasteiger partial charge in [-0.1, -0.05) is 37.3 Å². The van der Waals surface area contributed by atoms with E-state index in [4.69, 9.17) is 4.74 Å². The Morgan fingerprint density at radius 3 is 2.71 bits per heavy atom. The zero-order chi connectivity index (χ0) is 20.1. The first-order valence-electron chi connectivity index (χ1n) is 9.66. The Balaban J connectivity index is 1.61. The van der Waals surface area contributed by atoms with Crippen molar-refractivity contribution in [2.24, 2.45) is 5.92 Å². The minimum atomic E-state index is -3.55. The summed E-state index contributed by atoms with van der Waals surface area (Å²) in [5.74, 6) is 0.974. The summed E-state index contributed by atoms with van der Waals surface area (Å²) in [5.41, 5.74) is 0.892. The molecule has 7 nitrogen and oxygen atoms in total. The summed E-state index contributed by atoms with van der Waals surface area (Å²) in [5, 5.41) is -0.635. The molecule has 1 aromatic rings. The molecular weight excluding hydrogens is 400 g/mol. The zero-order valence-corrected chi connectivity index (χ0v) is 17.8. The second-order valence-electron chi connectivity index (χ2n) is 7.57. The number of nitrogens with zero attached hydrogens (tertiary/aromatic N) is 2. The highest BCUT2D eigenvalue weighted by Gasteiger charge is 2.38. The number of likely N-dealkylation sites (tertiary alicyclic amines) is 1. The number of carbonyl (C=O) groups is 1. The third kappa shape index (κ3) is 5.33. The van der Waals surface area contributed by atoms with Crippen LogP contribution in [0, 0.1) is 5.92 Å². The van der Waals surface area contributed by atoms with E-state index in [-0.39, 0.29) is 25.6 Å². The van der Waals surface area contributed by atoms with Gasteiger partial charge in [-0.25, -0.2) is 17.5 Å². The average molecular weight is 429 g/mol. The summed E-state index contributed by atoms with van der Waals surface area (Å²) in [4.78, 5) is 13.9. The predicted octanol–water partition coefficient (Wildman–Crippen LogP) is 1.82. The Morgan fingerprint density at radius 2 is 1.96 bits per heavy atom. The van der Waals surface area contributed by atoms with Crippen LogP contribution in [0.15, 0.2) is 30.3 Å². The molecule has 3 rings (SSSR count). The minimum Gasteiger partial charge on any atom is -0.445 e. The molecule has 9 heteroatoms. The summed E-state index contributed by atoms with van der Waals surface area (Å²) in [6.07, 6.45) is 0.674. The van der Waals surface area contributed by atoms with Gasteiger partial charge in [0, 0.05) is 48.5 Å². The maximum absolute atomic E-state index is 13.1. The molecule has 2 aliphatic rings. The van der Waals surface area contributed by atoms with Crippen molar-refractivity contribution in [3.05, 3.63) is 35.9 Å². The van der Waals surface area contributed by atoms with Crippen molar-refractivity contribution in [2.75, 3.05) is 37.7 Å². The number of hydrogen-bond acceptors (Lipinski definition) is 5. The van der Waals surface area contributed by atoms with Crippen LogP contribution < -0.4 is 0 Å². The number of sulfonamides is 1. The van der Waals surface area contributed by atoms with E-state index in [0.717, 1.165) is 5.56 Å². The van der Waals surface area contributed by atoms with Gasteiger partial charge in [0.1, 0.15) is 6.61 Å². The fourth-order valence-corrected chi connectivity index (χ4v) is 7.20. The lowest BCUT2D eigenvalue weighted by Gasteiger charge is -2.34. The summed E-state index contributed by atoms with van der Waals surface area (Å²) >= 11 is 0. The highest BCUT2D eigenvalue weighted by molar-refractivity contribution is 7.90. The fraction of sp³-hybridized carbons (Fsp3) is 0.632. The number of piperidine rings is 1. The average Bonchev–Trinajstić information content (AvgIpc) is 2.87. The van der Waals surface area contributed by atoms with Crippen LogP contribution in [-0.4, -0.2) is 70.9 Å². The van der Waals surface area contributed by atoms with Crippen LogP contribution in [0.1, 0.15) is 25.3 Å². The van der Waals surface area contributed by atoms with Crippen molar-refractivity contribution in [1.82, 2.24) is 9.21 Å². The topological polar surface area (TPSA) is 84.0 Å². The molecule has 2 saturated heterocycles. The Labute approximate surface area is 169 Å². The SMILES string of the molecule is C[C@@H]1CN(S(=O)(=O)[C@@H]2CCCN(C(=O)OCc3ccccc3)C2)CC[S@](=O)C1. The van der Waals surface area contributed by atoms with Crippen LogP contribution in [0.25, 0.3) is 0 Å². The van der Waals surface area contributed by atoms with Crippen molar-refractivity contribution >= 4 is 26.9 Å². The molecule has 2 heterocycles. The standard InChI is InChI=1S/C19H28N2O5S2/c1-16-12-21(10-11-27(23)15-16)28(24,25)18-8-5-9-20(13-18)19(22)26-14-17-6-3-2-4-7-17/h2-4,6-7,16,18H,5,8-15H2,1H3/t16-,18-,27+/m1/s1. The maximum Gasteiger partial charge on any atom is 0.410 e. The van der Waals surface area contributed by atoms with E-state index >= 15 is 0 Å². The first kappa shape index (κ1) is 21.3. The molecule has 156 valence electrons. The van der Waals surface area contributed by atoms with Gasteiger partial charge < -0.3 is 9.64 Å². The molecule has 3 atom stereocenters. The predicted molar refractivity (Wildman–Crippen MR) is 109 cm³/mol. The maximum atomic E-state index is 13.1. The van der Waals surface area contributed by atoms with E-state index in [9.17, 15) is 17.4 Å². The Kier molecular flexibility index (Phi) is 7.11. The number of carbonyl (C=O) groups excluding carboxylic acids is 1. The van der Waals surface area contributed by atoms with Crippen molar-refractivity contribution < 1.29 is 22.2 Å². The van der Waals surface area contributed by atoms with E-state index < -0.39 is 32.2 Å². The van der Waals surface area contributed by atoms with E-state index in [0.29, 0.717) is 37.4 Å². The van der Waals surface area contributed by atoms with Gasteiger partial charge in [-0.15, -0.1) is 0 Å². The fourth-order valence-electron chi connectivity index (χ4n) is 3.70. The monoisotopic (exact) mass is 428 g/mol. The quantitative estimate of drug-likeness (QED) is 0.730. The first-order chi connectivity index (χ1) is 13.4. The molecule has 0 spiro atoms. The molecule has 0 saturated carbocycles. The first-order valence-corrected chi connectivity index (χ1v) is 12.6. The number of ether oxygens (including phenoxy) is 1. The van der Waals surface area contributed by atoms with E-state index in [1.54, 1.807) is 0 Å². The summed E-state index contributed by atoms with van der Waals surface area (Å²) in [6.45, 7) is 3.42. The number of hydrogen-bond donors (Lipinski definition) is 0. The van der Waals surface area contributed by atoms with Crippen LogP contribution in [0.5, 0.6) is 0 Å². The highest BCUT2D eigenvalue weighted by atomic mass is 32.2. The second-order valence-corrected chi connectivity index (χ2v) is 11.4. The molecule has 28 heavy (non-hydrogen) atoms. The Bertz CT molecular complexity index is 800. The van der Waals surface area contributed by atoms with Gasteiger partial charge >= 0.3 is 6.09 Å². The lowest BCUT2D eigenvalue weighted by atomic mass is 10.1. The van der Waals surface area contributed by atoms with Crippen LogP contribution in [0.3, 0.4) is 0 Å². The largest absolute Gasteiger partial charge is 0.445 e. The number of benzene rings is 1. The molecule has 2 fully saturated rings. The molecule has 1 amide bonds. The van der Waals surface area contributed by atoms with E-state index in [1.807, 2.05) is 37.3 Å². The van der Waals surface area contributed by atoms with E-state index in [2.05, 4.69) is 0 Å². The second kappa shape index (κ2) is 9.37. The smallest absolute Gasteiger partial charge is 0.410 e. The van der Waals surface area contributed by atoms with Gasteiger partial charge in [0.25, 0.3) is 0 Å². The molecule has 0 aromatic heterocycles. The van der Waals surface area contributed by atoms with E-state index in [1.165, 1.54) is 9.21 Å². The minimum absolute atomic E-state index is 0.0636. The number of rotatable bonds is 4. The Hall–Kier alpha value is -1.45. The van der Waals surface area contributed by atoms with Crippen molar-refractivity contribution in [3.8, 4) is 0 Å². The third-order valence-electron chi connectivity index (χ3n) is 5.18. The third-order valence-corrected chi connectivity index (χ3v) is 9.03. The van der Waals surface area contributed by atoms with Gasteiger partial charge in [0.2, 0.25) is 10.0 Å². The summed E-state index contributed by atoms with van der Waals surface area (Å²) in [6, 6.07) is 9.40. The lowest BCUT2D eigenvalue weighted by Crippen LogP contribution is -2.50. The van der Waals surface area contributed by atoms with Crippen molar-refractivity contribution in [2.45, 2.75) is 31.6 Å². The molecule has 0 unspecified atom stereocenters. The molecule has 0 aliphatic carbocycles. The molecular formula is C19H28N2O5S2. The normalized spacial score (nSPS) is 27.2. The van der Waals surface area contributed by atoms with Gasteiger partial charge in [-0.2, -0.15) is 0 Å². The molecule has 1 aromatic carbocycles. The lowest BCUT2D eigenvalue weighted by molar-refractivity contribution is 0.0896. The van der Waals surface area contributed by atoms with Crippen LogP contribution in [0.2, 0.25) is 0 Å². The molecule has 0 bridgehead atoms. The van der Waals surface area contributed by atoms with Gasteiger partial charge in [0.15, 0.2) is 0 Å². The highest BCUT2D eigenvalue weighted by Crippen LogP contribution is 2.23. The van der Waals surface area contributed by atoms with Crippen LogP contribution in [-0.2, 0) is 32.2 Å². The van der Waals surface area contributed by atoms with Crippen LogP contribution >= 0.6 is 0 Å². The summed E-state index contributed by atoms with van der Waals surface area (Å²) < 4.78 is 45.0. The van der Waals surface area contributed by atoms with Gasteiger partial charge in [-0.05, 0) is 24.3 Å². The summed E-state index contributed by atoms with van der Waals surface area (Å²) in [7, 11) is -4.52. The molecule has 0 N–H and O–H groups in total. The van der Waals surface area contributed by atoms with Crippen molar-refractivity contribution in [1.29, 1.82) is 0 Å². The Morgan fingerprint density at radius 1 is 1.21 bits per heavy atom. The molecule has 0 radical (unpaired) electrons. The molecule has 2 aliphatic heterocycles. The van der Waals surface area contributed by atoms with Gasteiger partial charge in [0.05, 0.1) is 5.25 Å². The zero-order valence-electron chi connectivity index (χ0n) is 16.2. The van der Waals surface area contributed by atoms with Crippen LogP contribution in [0.4, 0.5) is 4.79 Å². The number of amides is 1. The van der Waals surface area contributed by atoms with Crippen molar-refractivity contribution in [3.63, 3.8) is 0 Å².